The quantitative estimate of drug-likeness (QED) is 0.768. The number of aromatic nitrogens is 2. The molecule has 3 aromatic rings. The van der Waals surface area contributed by atoms with E-state index in [0.29, 0.717) is 26.8 Å². The topological polar surface area (TPSA) is 54.9 Å². The molecule has 1 amide bonds. The lowest BCUT2D eigenvalue weighted by Gasteiger charge is -2.08. The number of rotatable bonds is 2. The molecular weight excluding hydrogens is 337 g/mol. The standard InChI is InChI=1S/C15H9BrFN3O/c16-11-8-9(17)4-5-12(11)20-15(21)10-2-1-3-13-14(10)19-7-6-18-13/h1-8H,(H,20,21). The molecule has 0 bridgehead atoms. The second kappa shape index (κ2) is 5.57. The summed E-state index contributed by atoms with van der Waals surface area (Å²) in [5, 5.41) is 2.73. The zero-order valence-electron chi connectivity index (χ0n) is 10.7. The van der Waals surface area contributed by atoms with Gasteiger partial charge in [0.25, 0.3) is 5.91 Å². The van der Waals surface area contributed by atoms with Crippen LogP contribution in [-0.2, 0) is 0 Å². The fourth-order valence-electron chi connectivity index (χ4n) is 1.96. The Morgan fingerprint density at radius 2 is 1.95 bits per heavy atom. The van der Waals surface area contributed by atoms with Gasteiger partial charge in [0.1, 0.15) is 11.3 Å². The van der Waals surface area contributed by atoms with Gasteiger partial charge in [0.2, 0.25) is 0 Å². The van der Waals surface area contributed by atoms with Crippen molar-refractivity contribution in [3.63, 3.8) is 0 Å². The molecule has 2 aromatic carbocycles. The fourth-order valence-corrected chi connectivity index (χ4v) is 2.41. The second-order valence-electron chi connectivity index (χ2n) is 4.31. The van der Waals surface area contributed by atoms with Gasteiger partial charge in [0, 0.05) is 16.9 Å². The van der Waals surface area contributed by atoms with Crippen molar-refractivity contribution in [3.05, 3.63) is 64.6 Å². The molecule has 0 aliphatic heterocycles. The molecule has 6 heteroatoms. The third-order valence-electron chi connectivity index (χ3n) is 2.92. The maximum Gasteiger partial charge on any atom is 0.257 e. The lowest BCUT2D eigenvalue weighted by molar-refractivity contribution is 0.102. The highest BCUT2D eigenvalue weighted by Gasteiger charge is 2.13. The van der Waals surface area contributed by atoms with E-state index in [4.69, 9.17) is 0 Å². The van der Waals surface area contributed by atoms with Crippen LogP contribution in [0.2, 0.25) is 0 Å². The molecule has 3 rings (SSSR count). The third-order valence-corrected chi connectivity index (χ3v) is 3.58. The Balaban J connectivity index is 1.97. The predicted molar refractivity (Wildman–Crippen MR) is 81.6 cm³/mol. The zero-order chi connectivity index (χ0) is 14.8. The van der Waals surface area contributed by atoms with Crippen molar-refractivity contribution in [3.8, 4) is 0 Å². The first-order valence-electron chi connectivity index (χ1n) is 6.11. The highest BCUT2D eigenvalue weighted by molar-refractivity contribution is 9.10. The Hall–Kier alpha value is -2.34. The molecule has 0 spiro atoms. The summed E-state index contributed by atoms with van der Waals surface area (Å²) in [6.45, 7) is 0. The average molecular weight is 346 g/mol. The van der Waals surface area contributed by atoms with E-state index in [1.807, 2.05) is 0 Å². The van der Waals surface area contributed by atoms with Gasteiger partial charge in [-0.2, -0.15) is 0 Å². The first kappa shape index (κ1) is 13.6. The lowest BCUT2D eigenvalue weighted by Crippen LogP contribution is -2.13. The van der Waals surface area contributed by atoms with Gasteiger partial charge in [-0.3, -0.25) is 14.8 Å². The number of fused-ring (bicyclic) bond motifs is 1. The minimum absolute atomic E-state index is 0.326. The number of halogens is 2. The van der Waals surface area contributed by atoms with Crippen molar-refractivity contribution in [2.75, 3.05) is 5.32 Å². The van der Waals surface area contributed by atoms with Crippen LogP contribution in [-0.4, -0.2) is 15.9 Å². The summed E-state index contributed by atoms with van der Waals surface area (Å²) in [6.07, 6.45) is 3.10. The van der Waals surface area contributed by atoms with E-state index in [9.17, 15) is 9.18 Å². The first-order chi connectivity index (χ1) is 10.1. The highest BCUT2D eigenvalue weighted by atomic mass is 79.9. The van der Waals surface area contributed by atoms with Crippen LogP contribution in [0.25, 0.3) is 11.0 Å². The molecular formula is C15H9BrFN3O. The molecule has 1 N–H and O–H groups in total. The summed E-state index contributed by atoms with van der Waals surface area (Å²) < 4.78 is 13.5. The lowest BCUT2D eigenvalue weighted by atomic mass is 10.1. The molecule has 104 valence electrons. The van der Waals surface area contributed by atoms with Crippen LogP contribution in [0.15, 0.2) is 53.3 Å². The number of hydrogen-bond donors (Lipinski definition) is 1. The first-order valence-corrected chi connectivity index (χ1v) is 6.90. The maximum absolute atomic E-state index is 13.1. The number of nitrogens with one attached hydrogen (secondary N) is 1. The number of benzene rings is 2. The van der Waals surface area contributed by atoms with E-state index >= 15 is 0 Å². The molecule has 0 atom stereocenters. The maximum atomic E-state index is 13.1. The summed E-state index contributed by atoms with van der Waals surface area (Å²) in [6, 6.07) is 9.26. The fraction of sp³-hybridized carbons (Fsp3) is 0. The van der Waals surface area contributed by atoms with E-state index in [2.05, 4.69) is 31.2 Å². The number of para-hydroxylation sites is 1. The van der Waals surface area contributed by atoms with Gasteiger partial charge in [0.05, 0.1) is 16.8 Å². The Bertz CT molecular complexity index is 833. The van der Waals surface area contributed by atoms with E-state index in [1.54, 1.807) is 24.4 Å². The summed E-state index contributed by atoms with van der Waals surface area (Å²) >= 11 is 3.22. The number of nitrogens with zero attached hydrogens (tertiary/aromatic N) is 2. The van der Waals surface area contributed by atoms with Crippen molar-refractivity contribution < 1.29 is 9.18 Å². The number of amides is 1. The minimum Gasteiger partial charge on any atom is -0.321 e. The molecule has 0 fully saturated rings. The predicted octanol–water partition coefficient (Wildman–Crippen LogP) is 3.78. The molecule has 0 unspecified atom stereocenters. The summed E-state index contributed by atoms with van der Waals surface area (Å²) in [5.41, 5.74) is 2.07. The Morgan fingerprint density at radius 1 is 1.14 bits per heavy atom. The smallest absolute Gasteiger partial charge is 0.257 e. The summed E-state index contributed by atoms with van der Waals surface area (Å²) in [4.78, 5) is 20.7. The van der Waals surface area contributed by atoms with Gasteiger partial charge in [-0.05, 0) is 46.3 Å². The van der Waals surface area contributed by atoms with Crippen LogP contribution in [0.3, 0.4) is 0 Å². The van der Waals surface area contributed by atoms with Crippen LogP contribution >= 0.6 is 15.9 Å². The normalized spacial score (nSPS) is 10.6. The highest BCUT2D eigenvalue weighted by Crippen LogP contribution is 2.24. The van der Waals surface area contributed by atoms with E-state index in [0.717, 1.165) is 0 Å². The van der Waals surface area contributed by atoms with Crippen molar-refractivity contribution in [1.82, 2.24) is 9.97 Å². The van der Waals surface area contributed by atoms with Crippen LogP contribution < -0.4 is 5.32 Å². The monoisotopic (exact) mass is 345 g/mol. The molecule has 0 aliphatic rings. The van der Waals surface area contributed by atoms with Crippen molar-refractivity contribution in [2.24, 2.45) is 0 Å². The second-order valence-corrected chi connectivity index (χ2v) is 5.16. The zero-order valence-corrected chi connectivity index (χ0v) is 12.3. The molecule has 0 saturated heterocycles. The number of carbonyl (C=O) groups excluding carboxylic acids is 1. The SMILES string of the molecule is O=C(Nc1ccc(F)cc1Br)c1cccc2nccnc12. The molecule has 1 heterocycles. The van der Waals surface area contributed by atoms with Crippen LogP contribution in [0.1, 0.15) is 10.4 Å². The Kier molecular flexibility index (Phi) is 3.62. The third kappa shape index (κ3) is 2.75. The summed E-state index contributed by atoms with van der Waals surface area (Å²) in [5.74, 6) is -0.704. The molecule has 1 aromatic heterocycles. The van der Waals surface area contributed by atoms with Crippen LogP contribution in [0, 0.1) is 5.82 Å². The van der Waals surface area contributed by atoms with E-state index in [-0.39, 0.29) is 11.7 Å². The molecule has 4 nitrogen and oxygen atoms in total. The molecule has 0 saturated carbocycles. The Labute approximate surface area is 128 Å². The van der Waals surface area contributed by atoms with Crippen molar-refractivity contribution in [2.45, 2.75) is 0 Å². The van der Waals surface area contributed by atoms with E-state index < -0.39 is 0 Å². The van der Waals surface area contributed by atoms with Gasteiger partial charge in [-0.1, -0.05) is 6.07 Å². The van der Waals surface area contributed by atoms with Gasteiger partial charge >= 0.3 is 0 Å². The Morgan fingerprint density at radius 3 is 2.76 bits per heavy atom. The van der Waals surface area contributed by atoms with Gasteiger partial charge in [0.15, 0.2) is 0 Å². The van der Waals surface area contributed by atoms with Crippen LogP contribution in [0.4, 0.5) is 10.1 Å². The van der Waals surface area contributed by atoms with Gasteiger partial charge < -0.3 is 5.32 Å². The number of anilines is 1. The van der Waals surface area contributed by atoms with Gasteiger partial charge in [-0.15, -0.1) is 0 Å². The molecule has 0 aliphatic carbocycles. The number of carbonyl (C=O) groups is 1. The van der Waals surface area contributed by atoms with Crippen molar-refractivity contribution >= 4 is 38.6 Å². The van der Waals surface area contributed by atoms with Crippen LogP contribution in [0.5, 0.6) is 0 Å². The molecule has 21 heavy (non-hydrogen) atoms. The molecule has 0 radical (unpaired) electrons. The van der Waals surface area contributed by atoms with E-state index in [1.165, 1.54) is 24.4 Å². The minimum atomic E-state index is -0.379. The van der Waals surface area contributed by atoms with Gasteiger partial charge in [-0.25, -0.2) is 4.39 Å². The summed E-state index contributed by atoms with van der Waals surface area (Å²) in [7, 11) is 0. The largest absolute Gasteiger partial charge is 0.321 e. The van der Waals surface area contributed by atoms with Crippen molar-refractivity contribution in [1.29, 1.82) is 0 Å². The number of hydrogen-bond acceptors (Lipinski definition) is 3. The average Bonchev–Trinajstić information content (AvgIpc) is 2.49.